The first-order valence-corrected chi connectivity index (χ1v) is 11.3. The van der Waals surface area contributed by atoms with Crippen molar-refractivity contribution in [2.45, 2.75) is 20.0 Å². The number of fused-ring (bicyclic) bond motifs is 1. The molecular weight excluding hydrogens is 446 g/mol. The van der Waals surface area contributed by atoms with Crippen LogP contribution >= 0.6 is 12.2 Å². The maximum Gasteiger partial charge on any atom is 0.253 e. The average molecular weight is 474 g/mol. The summed E-state index contributed by atoms with van der Waals surface area (Å²) in [6.07, 6.45) is 0. The van der Waals surface area contributed by atoms with E-state index in [-0.39, 0.29) is 5.56 Å². The van der Waals surface area contributed by atoms with Crippen LogP contribution in [0, 0.1) is 6.92 Å². The van der Waals surface area contributed by atoms with E-state index >= 15 is 0 Å². The third kappa shape index (κ3) is 5.55. The van der Waals surface area contributed by atoms with Crippen molar-refractivity contribution >= 4 is 33.9 Å². The topological polar surface area (TPSA) is 66.6 Å². The van der Waals surface area contributed by atoms with E-state index in [1.807, 2.05) is 84.6 Å². The fraction of sp³-hybridized carbons (Fsp3) is 0.185. The predicted molar refractivity (Wildman–Crippen MR) is 141 cm³/mol. The van der Waals surface area contributed by atoms with Crippen LogP contribution in [0.5, 0.6) is 11.5 Å². The van der Waals surface area contributed by atoms with Crippen molar-refractivity contribution < 1.29 is 9.47 Å². The molecule has 7 heteroatoms. The molecular formula is C27H27N3O3S. The lowest BCUT2D eigenvalue weighted by Gasteiger charge is -2.26. The Balaban J connectivity index is 1.65. The summed E-state index contributed by atoms with van der Waals surface area (Å²) in [6.45, 7) is 2.90. The smallest absolute Gasteiger partial charge is 0.253 e. The summed E-state index contributed by atoms with van der Waals surface area (Å²) in [5.74, 6) is 1.52. The highest BCUT2D eigenvalue weighted by Gasteiger charge is 2.15. The fourth-order valence-electron chi connectivity index (χ4n) is 3.76. The van der Waals surface area contributed by atoms with Gasteiger partial charge in [-0.2, -0.15) is 0 Å². The van der Waals surface area contributed by atoms with E-state index in [9.17, 15) is 4.79 Å². The van der Waals surface area contributed by atoms with E-state index in [4.69, 9.17) is 21.7 Å². The lowest BCUT2D eigenvalue weighted by Crippen LogP contribution is -2.35. The summed E-state index contributed by atoms with van der Waals surface area (Å²) in [6, 6.07) is 23.3. The zero-order valence-electron chi connectivity index (χ0n) is 19.4. The number of aryl methyl sites for hydroxylation is 1. The summed E-state index contributed by atoms with van der Waals surface area (Å²) in [5.41, 5.74) is 4.32. The maximum absolute atomic E-state index is 12.9. The molecule has 1 heterocycles. The monoisotopic (exact) mass is 473 g/mol. The van der Waals surface area contributed by atoms with Crippen molar-refractivity contribution in [2.24, 2.45) is 0 Å². The quantitative estimate of drug-likeness (QED) is 0.357. The van der Waals surface area contributed by atoms with Crippen LogP contribution < -0.4 is 20.3 Å². The number of aromatic nitrogens is 1. The summed E-state index contributed by atoms with van der Waals surface area (Å²) >= 11 is 5.78. The zero-order valence-corrected chi connectivity index (χ0v) is 20.2. The van der Waals surface area contributed by atoms with Crippen molar-refractivity contribution in [3.05, 3.63) is 99.8 Å². The van der Waals surface area contributed by atoms with Crippen LogP contribution in [0.3, 0.4) is 0 Å². The molecule has 0 aliphatic heterocycles. The van der Waals surface area contributed by atoms with Gasteiger partial charge < -0.3 is 24.7 Å². The van der Waals surface area contributed by atoms with E-state index < -0.39 is 0 Å². The lowest BCUT2D eigenvalue weighted by molar-refractivity contribution is 0.406. The normalized spacial score (nSPS) is 10.7. The number of H-pyrrole nitrogens is 1. The van der Waals surface area contributed by atoms with Gasteiger partial charge in [-0.15, -0.1) is 0 Å². The van der Waals surface area contributed by atoms with E-state index in [0.717, 1.165) is 39.2 Å². The van der Waals surface area contributed by atoms with Gasteiger partial charge in [-0.3, -0.25) is 4.79 Å². The van der Waals surface area contributed by atoms with E-state index in [2.05, 4.69) is 10.3 Å². The number of hydrogen-bond acceptors (Lipinski definition) is 4. The van der Waals surface area contributed by atoms with Crippen molar-refractivity contribution in [1.29, 1.82) is 0 Å². The predicted octanol–water partition coefficient (Wildman–Crippen LogP) is 5.25. The molecule has 0 aliphatic rings. The average Bonchev–Trinajstić information content (AvgIpc) is 2.84. The van der Waals surface area contributed by atoms with Crippen LogP contribution in [0.4, 0.5) is 5.69 Å². The van der Waals surface area contributed by atoms with Gasteiger partial charge in [0.1, 0.15) is 11.5 Å². The molecule has 2 N–H and O–H groups in total. The number of benzene rings is 3. The SMILES string of the molecule is COc1ccc(CN(Cc2cc3cc(OC)ccc3[nH]c2=O)C(=S)Nc2cccc(C)c2)cc1. The standard InChI is InChI=1S/C27H27N3O3S/c1-18-5-4-6-22(13-18)28-27(34)30(16-19-7-9-23(32-2)10-8-19)17-21-14-20-15-24(33-3)11-12-25(20)29-26(21)31/h4-15H,16-17H2,1-3H3,(H,28,34)(H,29,31). The molecule has 3 aromatic carbocycles. The van der Waals surface area contributed by atoms with Gasteiger partial charge in [-0.1, -0.05) is 24.3 Å². The van der Waals surface area contributed by atoms with Crippen LogP contribution in [0.2, 0.25) is 0 Å². The molecule has 0 aliphatic carbocycles. The molecule has 0 unspecified atom stereocenters. The minimum atomic E-state index is -0.143. The fourth-order valence-corrected chi connectivity index (χ4v) is 4.00. The number of nitrogens with zero attached hydrogens (tertiary/aromatic N) is 1. The van der Waals surface area contributed by atoms with E-state index in [0.29, 0.717) is 23.8 Å². The zero-order chi connectivity index (χ0) is 24.1. The van der Waals surface area contributed by atoms with Crippen LogP contribution in [0.25, 0.3) is 10.9 Å². The molecule has 4 rings (SSSR count). The van der Waals surface area contributed by atoms with Crippen molar-refractivity contribution in [3.8, 4) is 11.5 Å². The summed E-state index contributed by atoms with van der Waals surface area (Å²) < 4.78 is 10.6. The summed E-state index contributed by atoms with van der Waals surface area (Å²) in [7, 11) is 3.27. The first-order chi connectivity index (χ1) is 16.4. The van der Waals surface area contributed by atoms with Crippen LogP contribution in [-0.2, 0) is 13.1 Å². The second-order valence-electron chi connectivity index (χ2n) is 8.08. The highest BCUT2D eigenvalue weighted by Crippen LogP contribution is 2.21. The highest BCUT2D eigenvalue weighted by atomic mass is 32.1. The van der Waals surface area contributed by atoms with Gasteiger partial charge in [0, 0.05) is 28.7 Å². The van der Waals surface area contributed by atoms with Crippen molar-refractivity contribution in [1.82, 2.24) is 9.88 Å². The Morgan fingerprint density at radius 3 is 2.38 bits per heavy atom. The van der Waals surface area contributed by atoms with Gasteiger partial charge in [0.25, 0.3) is 5.56 Å². The number of ether oxygens (including phenoxy) is 2. The van der Waals surface area contributed by atoms with Crippen molar-refractivity contribution in [3.63, 3.8) is 0 Å². The van der Waals surface area contributed by atoms with Crippen molar-refractivity contribution in [2.75, 3.05) is 19.5 Å². The van der Waals surface area contributed by atoms with Crippen LogP contribution in [0.15, 0.2) is 77.6 Å². The van der Waals surface area contributed by atoms with Crippen LogP contribution in [-0.4, -0.2) is 29.2 Å². The first kappa shape index (κ1) is 23.3. The number of hydrogen-bond donors (Lipinski definition) is 2. The molecule has 0 fully saturated rings. The molecule has 6 nitrogen and oxygen atoms in total. The van der Waals surface area contributed by atoms with Gasteiger partial charge in [-0.05, 0) is 78.8 Å². The molecule has 4 aromatic rings. The second-order valence-corrected chi connectivity index (χ2v) is 8.47. The number of aromatic amines is 1. The van der Waals surface area contributed by atoms with Gasteiger partial charge in [-0.25, -0.2) is 0 Å². The Labute approximate surface area is 204 Å². The number of methoxy groups -OCH3 is 2. The number of anilines is 1. The van der Waals surface area contributed by atoms with Gasteiger partial charge >= 0.3 is 0 Å². The third-order valence-corrected chi connectivity index (χ3v) is 5.94. The molecule has 0 radical (unpaired) electrons. The lowest BCUT2D eigenvalue weighted by atomic mass is 10.1. The van der Waals surface area contributed by atoms with E-state index in [1.54, 1.807) is 14.2 Å². The Bertz CT molecular complexity index is 1370. The number of rotatable bonds is 7. The number of thiocarbonyl (C=S) groups is 1. The molecule has 0 atom stereocenters. The Hall–Kier alpha value is -3.84. The summed E-state index contributed by atoms with van der Waals surface area (Å²) in [5, 5.41) is 4.75. The molecule has 34 heavy (non-hydrogen) atoms. The first-order valence-electron chi connectivity index (χ1n) is 10.9. The molecule has 0 bridgehead atoms. The van der Waals surface area contributed by atoms with Gasteiger partial charge in [0.15, 0.2) is 5.11 Å². The minimum absolute atomic E-state index is 0.143. The maximum atomic E-state index is 12.9. The molecule has 0 amide bonds. The summed E-state index contributed by atoms with van der Waals surface area (Å²) in [4.78, 5) is 17.8. The minimum Gasteiger partial charge on any atom is -0.497 e. The molecule has 0 saturated carbocycles. The van der Waals surface area contributed by atoms with E-state index in [1.165, 1.54) is 0 Å². The molecule has 174 valence electrons. The second kappa shape index (κ2) is 10.4. The molecule has 1 aromatic heterocycles. The van der Waals surface area contributed by atoms with Crippen LogP contribution in [0.1, 0.15) is 16.7 Å². The largest absolute Gasteiger partial charge is 0.497 e. The van der Waals surface area contributed by atoms with Gasteiger partial charge in [0.05, 0.1) is 20.8 Å². The Morgan fingerprint density at radius 1 is 0.941 bits per heavy atom. The number of pyridine rings is 1. The molecule has 0 spiro atoms. The highest BCUT2D eigenvalue weighted by molar-refractivity contribution is 7.80. The number of nitrogens with one attached hydrogen (secondary N) is 2. The Morgan fingerprint density at radius 2 is 1.68 bits per heavy atom. The third-order valence-electron chi connectivity index (χ3n) is 5.58. The Kier molecular flexibility index (Phi) is 7.13. The van der Waals surface area contributed by atoms with Gasteiger partial charge in [0.2, 0.25) is 0 Å². The molecule has 0 saturated heterocycles.